The lowest BCUT2D eigenvalue weighted by molar-refractivity contribution is -0.137. The minimum atomic E-state index is -0.808. The summed E-state index contributed by atoms with van der Waals surface area (Å²) in [7, 11) is 1.80. The highest BCUT2D eigenvalue weighted by Crippen LogP contribution is 2.29. The Morgan fingerprint density at radius 3 is 2.67 bits per heavy atom. The molecule has 1 saturated heterocycles. The van der Waals surface area contributed by atoms with Crippen LogP contribution in [0.25, 0.3) is 11.3 Å². The topological polar surface area (TPSA) is 91.6 Å². The van der Waals surface area contributed by atoms with Crippen molar-refractivity contribution in [3.05, 3.63) is 71.7 Å². The van der Waals surface area contributed by atoms with Crippen LogP contribution in [0.2, 0.25) is 0 Å². The summed E-state index contributed by atoms with van der Waals surface area (Å²) in [5.41, 5.74) is 0.901. The smallest absolute Gasteiger partial charge is 0.273 e. The van der Waals surface area contributed by atoms with Gasteiger partial charge in [0, 0.05) is 69.2 Å². The van der Waals surface area contributed by atoms with E-state index in [4.69, 9.17) is 4.52 Å². The van der Waals surface area contributed by atoms with Gasteiger partial charge >= 0.3 is 0 Å². The first-order valence-corrected chi connectivity index (χ1v) is 14.0. The molecule has 2 aromatic heterocycles. The van der Waals surface area contributed by atoms with Gasteiger partial charge in [-0.2, -0.15) is 0 Å². The highest BCUT2D eigenvalue weighted by Gasteiger charge is 2.39. The number of aromatic nitrogens is 2. The van der Waals surface area contributed by atoms with Crippen molar-refractivity contribution in [1.29, 1.82) is 0 Å². The predicted molar refractivity (Wildman–Crippen MR) is 145 cm³/mol. The van der Waals surface area contributed by atoms with Gasteiger partial charge in [0.05, 0.1) is 11.5 Å². The highest BCUT2D eigenvalue weighted by atomic mass is 19.1. The van der Waals surface area contributed by atoms with Crippen molar-refractivity contribution in [3.63, 3.8) is 0 Å². The number of hydrogen-bond acceptors (Lipinski definition) is 6. The van der Waals surface area contributed by atoms with Crippen LogP contribution in [0, 0.1) is 17.6 Å². The molecule has 2 atom stereocenters. The molecule has 1 saturated carbocycles. The fourth-order valence-electron chi connectivity index (χ4n) is 5.84. The zero-order chi connectivity index (χ0) is 28.1. The monoisotopic (exact) mass is 551 g/mol. The summed E-state index contributed by atoms with van der Waals surface area (Å²) < 4.78 is 32.7. The molecule has 212 valence electrons. The van der Waals surface area contributed by atoms with Gasteiger partial charge in [0.25, 0.3) is 5.91 Å². The van der Waals surface area contributed by atoms with Crippen LogP contribution in [0.4, 0.5) is 8.78 Å². The van der Waals surface area contributed by atoms with Gasteiger partial charge in [0.1, 0.15) is 11.6 Å². The van der Waals surface area contributed by atoms with E-state index in [1.807, 2.05) is 18.2 Å². The van der Waals surface area contributed by atoms with Crippen molar-refractivity contribution in [2.24, 2.45) is 5.92 Å². The molecule has 1 aromatic carbocycles. The number of nitrogens with one attached hydrogen (secondary N) is 1. The maximum absolute atomic E-state index is 14.2. The first kappa shape index (κ1) is 27.9. The number of benzene rings is 1. The lowest BCUT2D eigenvalue weighted by Gasteiger charge is -2.43. The van der Waals surface area contributed by atoms with Gasteiger partial charge in [0.15, 0.2) is 11.5 Å². The molecule has 0 radical (unpaired) electrons. The summed E-state index contributed by atoms with van der Waals surface area (Å²) >= 11 is 0. The maximum atomic E-state index is 14.2. The van der Waals surface area contributed by atoms with Gasteiger partial charge in [-0.25, -0.2) is 8.78 Å². The van der Waals surface area contributed by atoms with E-state index in [1.54, 1.807) is 18.1 Å². The second-order valence-electron chi connectivity index (χ2n) is 10.8. The minimum absolute atomic E-state index is 0.0105. The van der Waals surface area contributed by atoms with Crippen molar-refractivity contribution >= 4 is 11.8 Å². The number of hydrogen-bond donors (Lipinski definition) is 1. The van der Waals surface area contributed by atoms with Crippen LogP contribution in [0.1, 0.15) is 54.7 Å². The standard InChI is InChI=1S/C30H35F2N5O3/c1-36(15-12-21-7-5-6-14-33-21)30(39)24-19-37(22-8-3-2-4-9-22)16-13-26(24)34-29(38)27-18-28(40-35-27)23-11-10-20(31)17-25(23)32/h5-7,10-11,14,17-18,22,24,26H,2-4,8-9,12-13,15-16,19H2,1H3,(H,34,38). The number of rotatable bonds is 8. The maximum Gasteiger partial charge on any atom is 0.273 e. The van der Waals surface area contributed by atoms with Crippen LogP contribution >= 0.6 is 0 Å². The first-order valence-electron chi connectivity index (χ1n) is 14.0. The van der Waals surface area contributed by atoms with E-state index in [0.717, 1.165) is 37.2 Å². The second kappa shape index (κ2) is 12.7. The molecule has 2 fully saturated rings. The Morgan fingerprint density at radius 2 is 1.93 bits per heavy atom. The number of amides is 2. The van der Waals surface area contributed by atoms with Gasteiger partial charge in [-0.15, -0.1) is 0 Å². The fourth-order valence-corrected chi connectivity index (χ4v) is 5.84. The van der Waals surface area contributed by atoms with Gasteiger partial charge in [0.2, 0.25) is 5.91 Å². The van der Waals surface area contributed by atoms with Crippen LogP contribution < -0.4 is 5.32 Å². The highest BCUT2D eigenvalue weighted by molar-refractivity contribution is 5.94. The van der Waals surface area contributed by atoms with Crippen molar-refractivity contribution in [2.75, 3.05) is 26.7 Å². The molecule has 3 aromatic rings. The Hall–Kier alpha value is -3.66. The summed E-state index contributed by atoms with van der Waals surface area (Å²) in [5.74, 6) is -2.43. The summed E-state index contributed by atoms with van der Waals surface area (Å²) in [6.45, 7) is 1.89. The van der Waals surface area contributed by atoms with Gasteiger partial charge in [-0.3, -0.25) is 19.5 Å². The van der Waals surface area contributed by atoms with Crippen LogP contribution in [-0.4, -0.2) is 70.5 Å². The van der Waals surface area contributed by atoms with Crippen molar-refractivity contribution in [3.8, 4) is 11.3 Å². The van der Waals surface area contributed by atoms with E-state index in [0.29, 0.717) is 32.0 Å². The zero-order valence-corrected chi connectivity index (χ0v) is 22.7. The van der Waals surface area contributed by atoms with Crippen LogP contribution in [0.15, 0.2) is 53.2 Å². The van der Waals surface area contributed by atoms with Gasteiger partial charge < -0.3 is 14.7 Å². The summed E-state index contributed by atoms with van der Waals surface area (Å²) in [6, 6.07) is 10.2. The molecule has 3 heterocycles. The number of piperidine rings is 1. The first-order chi connectivity index (χ1) is 19.4. The minimum Gasteiger partial charge on any atom is -0.355 e. The molecular formula is C30H35F2N5O3. The molecule has 1 aliphatic heterocycles. The molecule has 2 unspecified atom stereocenters. The summed E-state index contributed by atoms with van der Waals surface area (Å²) in [6.07, 6.45) is 8.93. The van der Waals surface area contributed by atoms with Crippen molar-refractivity contribution < 1.29 is 22.9 Å². The molecule has 2 amide bonds. The Balaban J connectivity index is 1.29. The number of likely N-dealkylation sites (tertiary alicyclic amines) is 1. The lowest BCUT2D eigenvalue weighted by atomic mass is 9.86. The molecule has 0 spiro atoms. The number of carbonyl (C=O) groups is 2. The number of likely N-dealkylation sites (N-methyl/N-ethyl adjacent to an activating group) is 1. The van der Waals surface area contributed by atoms with Gasteiger partial charge in [-0.1, -0.05) is 30.5 Å². The van der Waals surface area contributed by atoms with Crippen molar-refractivity contribution in [1.82, 2.24) is 25.3 Å². The zero-order valence-electron chi connectivity index (χ0n) is 22.7. The van der Waals surface area contributed by atoms with Crippen molar-refractivity contribution in [2.45, 2.75) is 57.0 Å². The average Bonchev–Trinajstić information content (AvgIpc) is 3.47. The predicted octanol–water partition coefficient (Wildman–Crippen LogP) is 4.47. The number of carbonyl (C=O) groups excluding carboxylic acids is 2. The number of halogens is 2. The van der Waals surface area contributed by atoms with Crippen LogP contribution in [0.3, 0.4) is 0 Å². The molecule has 1 aliphatic carbocycles. The van der Waals surface area contributed by atoms with E-state index in [-0.39, 0.29) is 29.0 Å². The normalized spacial score (nSPS) is 20.3. The molecule has 0 bridgehead atoms. The van der Waals surface area contributed by atoms with E-state index < -0.39 is 23.5 Å². The third-order valence-electron chi connectivity index (χ3n) is 8.11. The summed E-state index contributed by atoms with van der Waals surface area (Å²) in [4.78, 5) is 35.5. The Bertz CT molecular complexity index is 1310. The SMILES string of the molecule is CN(CCc1ccccn1)C(=O)C1CN(C2CCCCC2)CCC1NC(=O)c1cc(-c2ccc(F)cc2F)on1. The number of pyridine rings is 1. The molecule has 5 rings (SSSR count). The van der Waals surface area contributed by atoms with E-state index >= 15 is 0 Å². The van der Waals surface area contributed by atoms with Crippen LogP contribution in [-0.2, 0) is 11.2 Å². The Labute approximate surface area is 232 Å². The Morgan fingerprint density at radius 1 is 1.10 bits per heavy atom. The van der Waals surface area contributed by atoms with E-state index in [2.05, 4.69) is 20.4 Å². The molecule has 40 heavy (non-hydrogen) atoms. The largest absolute Gasteiger partial charge is 0.355 e. The van der Waals surface area contributed by atoms with Crippen LogP contribution in [0.5, 0.6) is 0 Å². The fraction of sp³-hybridized carbons (Fsp3) is 0.467. The molecule has 2 aliphatic rings. The van der Waals surface area contributed by atoms with Gasteiger partial charge in [-0.05, 0) is 43.5 Å². The second-order valence-corrected chi connectivity index (χ2v) is 10.8. The Kier molecular flexibility index (Phi) is 8.84. The molecule has 1 N–H and O–H groups in total. The lowest BCUT2D eigenvalue weighted by Crippen LogP contribution is -2.58. The third-order valence-corrected chi connectivity index (χ3v) is 8.11. The molecule has 10 heteroatoms. The number of nitrogens with zero attached hydrogens (tertiary/aromatic N) is 4. The molecule has 8 nitrogen and oxygen atoms in total. The average molecular weight is 552 g/mol. The van der Waals surface area contributed by atoms with E-state index in [9.17, 15) is 18.4 Å². The molecular weight excluding hydrogens is 516 g/mol. The van der Waals surface area contributed by atoms with E-state index in [1.165, 1.54) is 31.4 Å². The summed E-state index contributed by atoms with van der Waals surface area (Å²) in [5, 5.41) is 6.82. The quantitative estimate of drug-likeness (QED) is 0.444. The third kappa shape index (κ3) is 6.55.